The maximum Gasteiger partial charge on any atom is 0.0676 e. The highest BCUT2D eigenvalue weighted by molar-refractivity contribution is 5.13. The van der Waals surface area contributed by atoms with Crippen molar-refractivity contribution < 1.29 is 4.74 Å². The summed E-state index contributed by atoms with van der Waals surface area (Å²) < 4.78 is 5.26. The van der Waals surface area contributed by atoms with Crippen LogP contribution in [0.25, 0.3) is 0 Å². The molecule has 1 heteroatoms. The molecule has 9 heavy (non-hydrogen) atoms. The molecule has 0 atom stereocenters. The third-order valence-corrected chi connectivity index (χ3v) is 1.90. The molecule has 0 spiro atoms. The minimum Gasteiger partial charge on any atom is -0.377 e. The maximum absolute atomic E-state index is 5.26. The summed E-state index contributed by atoms with van der Waals surface area (Å²) in [6.07, 6.45) is 2.36. The monoisotopic (exact) mass is 126 g/mol. The fourth-order valence-electron chi connectivity index (χ4n) is 1.21. The molecule has 1 nitrogen and oxygen atoms in total. The first-order valence-corrected chi connectivity index (χ1v) is 3.60. The largest absolute Gasteiger partial charge is 0.377 e. The van der Waals surface area contributed by atoms with Gasteiger partial charge in [0.05, 0.1) is 13.2 Å². The van der Waals surface area contributed by atoms with Gasteiger partial charge < -0.3 is 4.74 Å². The Balaban J connectivity index is 2.59. The molecule has 0 saturated carbocycles. The van der Waals surface area contributed by atoms with Crippen molar-refractivity contribution in [1.82, 2.24) is 0 Å². The van der Waals surface area contributed by atoms with E-state index in [0.29, 0.717) is 0 Å². The third-order valence-electron chi connectivity index (χ3n) is 1.90. The van der Waals surface area contributed by atoms with Crippen LogP contribution in [0.3, 0.4) is 0 Å². The van der Waals surface area contributed by atoms with Crippen LogP contribution in [0.5, 0.6) is 0 Å². The second kappa shape index (κ2) is 3.02. The predicted octanol–water partition coefficient (Wildman–Crippen LogP) is 2.13. The van der Waals surface area contributed by atoms with Crippen molar-refractivity contribution in [1.29, 1.82) is 0 Å². The van der Waals surface area contributed by atoms with Crippen LogP contribution in [0.1, 0.15) is 26.7 Å². The molecule has 0 aromatic heterocycles. The summed E-state index contributed by atoms with van der Waals surface area (Å²) in [5, 5.41) is 0. The van der Waals surface area contributed by atoms with Gasteiger partial charge >= 0.3 is 0 Å². The molecule has 0 aromatic rings. The van der Waals surface area contributed by atoms with Crippen LogP contribution >= 0.6 is 0 Å². The van der Waals surface area contributed by atoms with E-state index in [1.54, 1.807) is 5.57 Å². The van der Waals surface area contributed by atoms with Crippen LogP contribution in [0.15, 0.2) is 11.1 Å². The van der Waals surface area contributed by atoms with Crippen molar-refractivity contribution in [2.75, 3.05) is 13.2 Å². The molecular formula is C8H14O. The van der Waals surface area contributed by atoms with Gasteiger partial charge in [0.15, 0.2) is 0 Å². The lowest BCUT2D eigenvalue weighted by molar-refractivity contribution is 0.145. The second-order valence-corrected chi connectivity index (χ2v) is 2.54. The van der Waals surface area contributed by atoms with E-state index in [9.17, 15) is 0 Å². The SMILES string of the molecule is CCC1=C(C)COCC1. The lowest BCUT2D eigenvalue weighted by Crippen LogP contribution is -2.08. The number of hydrogen-bond acceptors (Lipinski definition) is 1. The lowest BCUT2D eigenvalue weighted by atomic mass is 10.0. The minimum absolute atomic E-state index is 0.864. The van der Waals surface area contributed by atoms with Crippen LogP contribution in [0, 0.1) is 0 Å². The fourth-order valence-corrected chi connectivity index (χ4v) is 1.21. The van der Waals surface area contributed by atoms with E-state index in [1.165, 1.54) is 12.0 Å². The summed E-state index contributed by atoms with van der Waals surface area (Å²) in [7, 11) is 0. The van der Waals surface area contributed by atoms with Crippen LogP contribution in [-0.4, -0.2) is 13.2 Å². The second-order valence-electron chi connectivity index (χ2n) is 2.54. The molecule has 0 amide bonds. The predicted molar refractivity (Wildman–Crippen MR) is 38.4 cm³/mol. The van der Waals surface area contributed by atoms with E-state index in [-0.39, 0.29) is 0 Å². The fraction of sp³-hybridized carbons (Fsp3) is 0.750. The van der Waals surface area contributed by atoms with Gasteiger partial charge in [0.2, 0.25) is 0 Å². The number of ether oxygens (including phenoxy) is 1. The molecule has 1 rings (SSSR count). The van der Waals surface area contributed by atoms with Gasteiger partial charge in [0, 0.05) is 0 Å². The van der Waals surface area contributed by atoms with Gasteiger partial charge in [-0.2, -0.15) is 0 Å². The van der Waals surface area contributed by atoms with Gasteiger partial charge in [-0.05, 0) is 25.3 Å². The average molecular weight is 126 g/mol. The first-order chi connectivity index (χ1) is 4.34. The van der Waals surface area contributed by atoms with E-state index in [0.717, 1.165) is 19.6 Å². The molecule has 0 unspecified atom stereocenters. The van der Waals surface area contributed by atoms with Gasteiger partial charge in [0.1, 0.15) is 0 Å². The minimum atomic E-state index is 0.864. The number of hydrogen-bond donors (Lipinski definition) is 0. The summed E-state index contributed by atoms with van der Waals surface area (Å²) in [6.45, 7) is 6.17. The third kappa shape index (κ3) is 1.55. The summed E-state index contributed by atoms with van der Waals surface area (Å²) in [4.78, 5) is 0. The van der Waals surface area contributed by atoms with Crippen LogP contribution in [-0.2, 0) is 4.74 Å². The first kappa shape index (κ1) is 6.81. The Labute approximate surface area is 56.7 Å². The molecule has 0 aliphatic carbocycles. The summed E-state index contributed by atoms with van der Waals surface area (Å²) in [5.41, 5.74) is 3.05. The zero-order valence-corrected chi connectivity index (χ0v) is 6.24. The molecule has 0 bridgehead atoms. The Hall–Kier alpha value is -0.300. The molecule has 0 saturated heterocycles. The van der Waals surface area contributed by atoms with Crippen molar-refractivity contribution in [2.24, 2.45) is 0 Å². The zero-order valence-electron chi connectivity index (χ0n) is 6.24. The highest BCUT2D eigenvalue weighted by Gasteiger charge is 2.05. The molecule has 0 aromatic carbocycles. The molecular weight excluding hydrogens is 112 g/mol. The highest BCUT2D eigenvalue weighted by Crippen LogP contribution is 2.17. The van der Waals surface area contributed by atoms with Crippen LogP contribution in [0.4, 0.5) is 0 Å². The lowest BCUT2D eigenvalue weighted by Gasteiger charge is -2.16. The zero-order chi connectivity index (χ0) is 6.69. The number of rotatable bonds is 1. The van der Waals surface area contributed by atoms with Gasteiger partial charge in [-0.25, -0.2) is 0 Å². The van der Waals surface area contributed by atoms with E-state index >= 15 is 0 Å². The maximum atomic E-state index is 5.26. The van der Waals surface area contributed by atoms with Gasteiger partial charge in [-0.1, -0.05) is 12.5 Å². The molecule has 52 valence electrons. The molecule has 1 aliphatic rings. The summed E-state index contributed by atoms with van der Waals surface area (Å²) >= 11 is 0. The molecule has 1 heterocycles. The van der Waals surface area contributed by atoms with Crippen molar-refractivity contribution in [3.8, 4) is 0 Å². The van der Waals surface area contributed by atoms with E-state index in [4.69, 9.17) is 4.74 Å². The molecule has 0 radical (unpaired) electrons. The van der Waals surface area contributed by atoms with Crippen molar-refractivity contribution in [3.63, 3.8) is 0 Å². The van der Waals surface area contributed by atoms with Crippen LogP contribution < -0.4 is 0 Å². The van der Waals surface area contributed by atoms with Crippen molar-refractivity contribution in [3.05, 3.63) is 11.1 Å². The average Bonchev–Trinajstić information content (AvgIpc) is 1.89. The Morgan fingerprint density at radius 1 is 1.56 bits per heavy atom. The molecule has 1 aliphatic heterocycles. The first-order valence-electron chi connectivity index (χ1n) is 3.60. The van der Waals surface area contributed by atoms with E-state index in [2.05, 4.69) is 13.8 Å². The standard InChI is InChI=1S/C8H14O/c1-3-8-4-5-9-6-7(8)2/h3-6H2,1-2H3. The van der Waals surface area contributed by atoms with E-state index in [1.807, 2.05) is 0 Å². The summed E-state index contributed by atoms with van der Waals surface area (Å²) in [6, 6.07) is 0. The Morgan fingerprint density at radius 3 is 2.78 bits per heavy atom. The van der Waals surface area contributed by atoms with Gasteiger partial charge in [-0.15, -0.1) is 0 Å². The Morgan fingerprint density at radius 2 is 2.33 bits per heavy atom. The topological polar surface area (TPSA) is 9.23 Å². The summed E-state index contributed by atoms with van der Waals surface area (Å²) in [5.74, 6) is 0. The molecule has 0 N–H and O–H groups in total. The smallest absolute Gasteiger partial charge is 0.0676 e. The quantitative estimate of drug-likeness (QED) is 0.489. The van der Waals surface area contributed by atoms with Crippen LogP contribution in [0.2, 0.25) is 0 Å². The highest BCUT2D eigenvalue weighted by atomic mass is 16.5. The molecule has 0 fully saturated rings. The van der Waals surface area contributed by atoms with E-state index < -0.39 is 0 Å². The van der Waals surface area contributed by atoms with Gasteiger partial charge in [-0.3, -0.25) is 0 Å². The van der Waals surface area contributed by atoms with Gasteiger partial charge in [0.25, 0.3) is 0 Å². The Kier molecular flexibility index (Phi) is 2.29. The Bertz CT molecular complexity index is 125. The van der Waals surface area contributed by atoms with Crippen molar-refractivity contribution in [2.45, 2.75) is 26.7 Å². The normalized spacial score (nSPS) is 20.7. The van der Waals surface area contributed by atoms with Crippen molar-refractivity contribution >= 4 is 0 Å².